The van der Waals surface area contributed by atoms with Crippen molar-refractivity contribution in [1.82, 2.24) is 4.98 Å². The molecule has 0 atom stereocenters. The van der Waals surface area contributed by atoms with Crippen LogP contribution in [0.5, 0.6) is 11.6 Å². The van der Waals surface area contributed by atoms with Crippen molar-refractivity contribution < 1.29 is 19.0 Å². The molecule has 1 aromatic carbocycles. The van der Waals surface area contributed by atoms with Crippen LogP contribution in [0.1, 0.15) is 11.1 Å². The average Bonchev–Trinajstić information content (AvgIpc) is 2.52. The number of methoxy groups -OCH3 is 1. The second-order valence-corrected chi connectivity index (χ2v) is 4.06. The van der Waals surface area contributed by atoms with Gasteiger partial charge in [0.05, 0.1) is 18.2 Å². The maximum atomic E-state index is 13.7. The maximum Gasteiger partial charge on any atom is 0.219 e. The van der Waals surface area contributed by atoms with Gasteiger partial charge in [-0.15, -0.1) is 0 Å². The van der Waals surface area contributed by atoms with E-state index in [1.54, 1.807) is 18.3 Å². The van der Waals surface area contributed by atoms with Crippen LogP contribution >= 0.6 is 0 Å². The first-order valence-electron chi connectivity index (χ1n) is 6.24. The molecule has 2 aromatic rings. The summed E-state index contributed by atoms with van der Waals surface area (Å²) in [5.41, 5.74) is 0.986. The van der Waals surface area contributed by atoms with E-state index in [1.165, 1.54) is 19.2 Å². The van der Waals surface area contributed by atoms with Crippen molar-refractivity contribution in [2.45, 2.75) is 6.61 Å². The molecular weight excluding hydrogens is 273 g/mol. The zero-order valence-electron chi connectivity index (χ0n) is 11.5. The van der Waals surface area contributed by atoms with Crippen LogP contribution in [-0.4, -0.2) is 23.8 Å². The second-order valence-electron chi connectivity index (χ2n) is 4.06. The predicted octanol–water partition coefficient (Wildman–Crippen LogP) is 2.15. The third kappa shape index (κ3) is 3.94. The number of nitrogens with zero attached hydrogens (tertiary/aromatic N) is 1. The van der Waals surface area contributed by atoms with Gasteiger partial charge in [-0.3, -0.25) is 0 Å². The summed E-state index contributed by atoms with van der Waals surface area (Å²) in [5, 5.41) is 8.59. The molecule has 1 aromatic heterocycles. The molecule has 1 heterocycles. The number of hydrogen-bond donors (Lipinski definition) is 1. The van der Waals surface area contributed by atoms with E-state index in [9.17, 15) is 4.39 Å². The molecule has 0 fully saturated rings. The Morgan fingerprint density at radius 3 is 2.90 bits per heavy atom. The van der Waals surface area contributed by atoms with Crippen LogP contribution in [0, 0.1) is 17.7 Å². The Balaban J connectivity index is 2.08. The highest BCUT2D eigenvalue weighted by Crippen LogP contribution is 2.20. The summed E-state index contributed by atoms with van der Waals surface area (Å²) in [6, 6.07) is 7.98. The highest BCUT2D eigenvalue weighted by atomic mass is 19.1. The molecule has 0 saturated heterocycles. The van der Waals surface area contributed by atoms with Gasteiger partial charge < -0.3 is 14.6 Å². The largest absolute Gasteiger partial charge is 0.489 e. The number of ether oxygens (including phenoxy) is 2. The second kappa shape index (κ2) is 7.27. The molecule has 5 heteroatoms. The van der Waals surface area contributed by atoms with E-state index < -0.39 is 5.82 Å². The standard InChI is InChI=1S/C16H14FNO3/c1-20-16-13(4-2-8-18-16)11-21-14-7-6-12(5-3-9-19)15(17)10-14/h2,4,6-8,10,19H,9,11H2,1H3. The Hall–Kier alpha value is -2.58. The van der Waals surface area contributed by atoms with Gasteiger partial charge in [-0.2, -0.15) is 0 Å². The van der Waals surface area contributed by atoms with E-state index in [4.69, 9.17) is 14.6 Å². The van der Waals surface area contributed by atoms with E-state index in [1.807, 2.05) is 6.07 Å². The Kier molecular flexibility index (Phi) is 5.13. The van der Waals surface area contributed by atoms with Gasteiger partial charge in [0.1, 0.15) is 24.8 Å². The number of aromatic nitrogens is 1. The highest BCUT2D eigenvalue weighted by molar-refractivity contribution is 5.40. The van der Waals surface area contributed by atoms with Gasteiger partial charge in [0.2, 0.25) is 5.88 Å². The Labute approximate surface area is 122 Å². The molecular formula is C16H14FNO3. The summed E-state index contributed by atoms with van der Waals surface area (Å²) in [7, 11) is 1.53. The summed E-state index contributed by atoms with van der Waals surface area (Å²) < 4.78 is 24.4. The van der Waals surface area contributed by atoms with Gasteiger partial charge in [0.25, 0.3) is 0 Å². The van der Waals surface area contributed by atoms with E-state index in [0.717, 1.165) is 5.56 Å². The molecule has 0 radical (unpaired) electrons. The Bertz CT molecular complexity index is 677. The fourth-order valence-electron chi connectivity index (χ4n) is 1.70. The lowest BCUT2D eigenvalue weighted by Crippen LogP contribution is -2.00. The molecule has 0 aliphatic rings. The third-order valence-electron chi connectivity index (χ3n) is 2.68. The van der Waals surface area contributed by atoms with Crippen molar-refractivity contribution in [3.8, 4) is 23.5 Å². The fraction of sp³-hybridized carbons (Fsp3) is 0.188. The number of pyridine rings is 1. The molecule has 108 valence electrons. The van der Waals surface area contributed by atoms with E-state index in [0.29, 0.717) is 11.6 Å². The molecule has 0 bridgehead atoms. The van der Waals surface area contributed by atoms with Crippen molar-refractivity contribution in [1.29, 1.82) is 0 Å². The number of hydrogen-bond acceptors (Lipinski definition) is 4. The van der Waals surface area contributed by atoms with Crippen molar-refractivity contribution in [2.24, 2.45) is 0 Å². The SMILES string of the molecule is COc1ncccc1COc1ccc(C#CCO)c(F)c1. The number of rotatable bonds is 4. The van der Waals surface area contributed by atoms with E-state index in [-0.39, 0.29) is 18.8 Å². The molecule has 0 unspecified atom stereocenters. The fourth-order valence-corrected chi connectivity index (χ4v) is 1.70. The lowest BCUT2D eigenvalue weighted by atomic mass is 10.2. The number of halogens is 1. The molecule has 4 nitrogen and oxygen atoms in total. The summed E-state index contributed by atoms with van der Waals surface area (Å²) >= 11 is 0. The third-order valence-corrected chi connectivity index (χ3v) is 2.68. The van der Waals surface area contributed by atoms with Crippen molar-refractivity contribution in [3.63, 3.8) is 0 Å². The average molecular weight is 287 g/mol. The monoisotopic (exact) mass is 287 g/mol. The molecule has 0 aliphatic carbocycles. The molecule has 21 heavy (non-hydrogen) atoms. The van der Waals surface area contributed by atoms with Crippen molar-refractivity contribution >= 4 is 0 Å². The van der Waals surface area contributed by atoms with Gasteiger partial charge in [0.15, 0.2) is 0 Å². The zero-order chi connectivity index (χ0) is 15.1. The summed E-state index contributed by atoms with van der Waals surface area (Å²) in [6.45, 7) is -0.0867. The molecule has 0 spiro atoms. The minimum Gasteiger partial charge on any atom is -0.489 e. The highest BCUT2D eigenvalue weighted by Gasteiger charge is 2.06. The zero-order valence-corrected chi connectivity index (χ0v) is 11.5. The van der Waals surface area contributed by atoms with Crippen molar-refractivity contribution in [3.05, 3.63) is 53.5 Å². The first-order chi connectivity index (χ1) is 10.2. The van der Waals surface area contributed by atoms with Gasteiger partial charge in [-0.1, -0.05) is 11.8 Å². The molecule has 0 amide bonds. The molecule has 0 aliphatic heterocycles. The van der Waals surface area contributed by atoms with Crippen molar-refractivity contribution in [2.75, 3.05) is 13.7 Å². The quantitative estimate of drug-likeness (QED) is 0.875. The molecule has 1 N–H and O–H groups in total. The van der Waals surface area contributed by atoms with Crippen LogP contribution in [-0.2, 0) is 6.61 Å². The van der Waals surface area contributed by atoms with Gasteiger partial charge in [-0.25, -0.2) is 9.37 Å². The van der Waals surface area contributed by atoms with E-state index in [2.05, 4.69) is 16.8 Å². The Morgan fingerprint density at radius 1 is 1.33 bits per heavy atom. The van der Waals surface area contributed by atoms with Crippen LogP contribution in [0.3, 0.4) is 0 Å². The van der Waals surface area contributed by atoms with Crippen LogP contribution < -0.4 is 9.47 Å². The number of aliphatic hydroxyl groups excluding tert-OH is 1. The minimum atomic E-state index is -0.494. The van der Waals surface area contributed by atoms with Crippen LogP contribution in [0.2, 0.25) is 0 Å². The first kappa shape index (κ1) is 14.8. The van der Waals surface area contributed by atoms with Gasteiger partial charge in [0, 0.05) is 12.3 Å². The lowest BCUT2D eigenvalue weighted by Gasteiger charge is -2.09. The smallest absolute Gasteiger partial charge is 0.219 e. The number of benzene rings is 1. The predicted molar refractivity (Wildman–Crippen MR) is 75.5 cm³/mol. The minimum absolute atomic E-state index is 0.218. The van der Waals surface area contributed by atoms with Gasteiger partial charge >= 0.3 is 0 Å². The summed E-state index contributed by atoms with van der Waals surface area (Å²) in [6.07, 6.45) is 1.62. The maximum absolute atomic E-state index is 13.7. The number of aliphatic hydroxyl groups is 1. The topological polar surface area (TPSA) is 51.6 Å². The molecule has 2 rings (SSSR count). The van der Waals surface area contributed by atoms with Crippen LogP contribution in [0.4, 0.5) is 4.39 Å². The lowest BCUT2D eigenvalue weighted by molar-refractivity contribution is 0.292. The summed E-state index contributed by atoms with van der Waals surface area (Å²) in [5.74, 6) is 5.28. The molecule has 0 saturated carbocycles. The normalized spacial score (nSPS) is 9.67. The Morgan fingerprint density at radius 2 is 2.19 bits per heavy atom. The van der Waals surface area contributed by atoms with E-state index >= 15 is 0 Å². The van der Waals surface area contributed by atoms with Crippen LogP contribution in [0.15, 0.2) is 36.5 Å². The van der Waals surface area contributed by atoms with Gasteiger partial charge in [-0.05, 0) is 24.3 Å². The van der Waals surface area contributed by atoms with Crippen LogP contribution in [0.25, 0.3) is 0 Å². The first-order valence-corrected chi connectivity index (χ1v) is 6.24. The summed E-state index contributed by atoms with van der Waals surface area (Å²) in [4.78, 5) is 4.06.